The molecule has 4 rings (SSSR count). The first-order valence-corrected chi connectivity index (χ1v) is 11.6. The van der Waals surface area contributed by atoms with E-state index in [1.807, 2.05) is 23.9 Å². The van der Waals surface area contributed by atoms with E-state index in [9.17, 15) is 0 Å². The molecule has 0 fully saturated rings. The lowest BCUT2D eigenvalue weighted by Crippen LogP contribution is -1.87. The van der Waals surface area contributed by atoms with Crippen LogP contribution in [0.3, 0.4) is 0 Å². The summed E-state index contributed by atoms with van der Waals surface area (Å²) in [5.74, 6) is 1.98. The summed E-state index contributed by atoms with van der Waals surface area (Å²) in [5.41, 5.74) is 3.54. The molecular weight excluding hydrogens is 396 g/mol. The summed E-state index contributed by atoms with van der Waals surface area (Å²) in [6, 6.07) is 23.1. The first-order valence-electron chi connectivity index (χ1n) is 9.80. The highest BCUT2D eigenvalue weighted by molar-refractivity contribution is 8.00. The quantitative estimate of drug-likeness (QED) is 0.225. The summed E-state index contributed by atoms with van der Waals surface area (Å²) < 4.78 is 7.45. The predicted molar refractivity (Wildman–Crippen MR) is 123 cm³/mol. The summed E-state index contributed by atoms with van der Waals surface area (Å²) in [4.78, 5) is 6.12. The number of benzene rings is 2. The molecule has 29 heavy (non-hydrogen) atoms. The number of hydrogen-bond donors (Lipinski definition) is 0. The standard InChI is InChI=1S/C24H24N2OS2/c1-3-4-17-28-24-25-23(22-7-5-6-16-26(22)24)29-21-14-10-19(11-15-21)18-8-12-20(27-2)13-9-18/h5-16H,3-4,17H2,1-2H3. The average molecular weight is 421 g/mol. The number of unbranched alkanes of at least 4 members (excludes halogenated alkanes) is 1. The van der Waals surface area contributed by atoms with Crippen LogP contribution >= 0.6 is 23.5 Å². The predicted octanol–water partition coefficient (Wildman–Crippen LogP) is 7.05. The number of methoxy groups -OCH3 is 1. The molecule has 4 aromatic rings. The average Bonchev–Trinajstić information content (AvgIpc) is 3.12. The van der Waals surface area contributed by atoms with Crippen LogP contribution in [-0.4, -0.2) is 22.2 Å². The van der Waals surface area contributed by atoms with Gasteiger partial charge in [0.25, 0.3) is 0 Å². The fourth-order valence-electron chi connectivity index (χ4n) is 3.08. The Morgan fingerprint density at radius 3 is 2.34 bits per heavy atom. The zero-order valence-electron chi connectivity index (χ0n) is 16.7. The molecule has 0 aliphatic carbocycles. The fraction of sp³-hybridized carbons (Fsp3) is 0.208. The van der Waals surface area contributed by atoms with Crippen molar-refractivity contribution < 1.29 is 4.74 Å². The molecule has 0 radical (unpaired) electrons. The second kappa shape index (κ2) is 9.42. The van der Waals surface area contributed by atoms with Crippen LogP contribution in [0.1, 0.15) is 19.8 Å². The molecule has 0 aliphatic heterocycles. The zero-order chi connectivity index (χ0) is 20.1. The van der Waals surface area contributed by atoms with Crippen molar-refractivity contribution in [2.45, 2.75) is 34.8 Å². The Hall–Kier alpha value is -2.37. The van der Waals surface area contributed by atoms with Gasteiger partial charge in [-0.15, -0.1) is 0 Å². The second-order valence-electron chi connectivity index (χ2n) is 6.71. The normalized spacial score (nSPS) is 11.1. The molecule has 2 aromatic heterocycles. The topological polar surface area (TPSA) is 26.5 Å². The van der Waals surface area contributed by atoms with E-state index in [1.54, 1.807) is 18.9 Å². The number of nitrogens with zero attached hydrogens (tertiary/aromatic N) is 2. The van der Waals surface area contributed by atoms with Crippen molar-refractivity contribution in [1.29, 1.82) is 0 Å². The van der Waals surface area contributed by atoms with Gasteiger partial charge >= 0.3 is 0 Å². The summed E-state index contributed by atoms with van der Waals surface area (Å²) in [5, 5.41) is 2.13. The van der Waals surface area contributed by atoms with Gasteiger partial charge in [0.1, 0.15) is 10.8 Å². The van der Waals surface area contributed by atoms with E-state index >= 15 is 0 Å². The minimum absolute atomic E-state index is 0.875. The molecule has 0 aliphatic rings. The molecule has 2 aromatic carbocycles. The Kier molecular flexibility index (Phi) is 6.47. The molecular formula is C24H24N2OS2. The van der Waals surface area contributed by atoms with Gasteiger partial charge in [0.2, 0.25) is 0 Å². The molecule has 0 atom stereocenters. The molecule has 0 saturated carbocycles. The Bertz CT molecular complexity index is 1070. The molecule has 0 N–H and O–H groups in total. The van der Waals surface area contributed by atoms with Crippen LogP contribution in [0.2, 0.25) is 0 Å². The lowest BCUT2D eigenvalue weighted by atomic mass is 10.1. The van der Waals surface area contributed by atoms with Gasteiger partial charge in [-0.1, -0.05) is 67.2 Å². The first-order chi connectivity index (χ1) is 14.3. The molecule has 5 heteroatoms. The van der Waals surface area contributed by atoms with Crippen molar-refractivity contribution in [2.75, 3.05) is 12.9 Å². The number of rotatable bonds is 8. The number of pyridine rings is 1. The second-order valence-corrected chi connectivity index (χ2v) is 8.84. The number of fused-ring (bicyclic) bond motifs is 1. The summed E-state index contributed by atoms with van der Waals surface area (Å²) in [6.07, 6.45) is 4.52. The Labute approximate surface area is 180 Å². The Morgan fingerprint density at radius 2 is 1.66 bits per heavy atom. The summed E-state index contributed by atoms with van der Waals surface area (Å²) >= 11 is 3.56. The van der Waals surface area contributed by atoms with Crippen molar-refractivity contribution in [1.82, 2.24) is 9.38 Å². The molecule has 0 unspecified atom stereocenters. The molecule has 2 heterocycles. The van der Waals surface area contributed by atoms with Crippen molar-refractivity contribution in [2.24, 2.45) is 0 Å². The van der Waals surface area contributed by atoms with Crippen LogP contribution < -0.4 is 4.74 Å². The van der Waals surface area contributed by atoms with E-state index in [0.29, 0.717) is 0 Å². The van der Waals surface area contributed by atoms with Crippen molar-refractivity contribution >= 4 is 29.0 Å². The van der Waals surface area contributed by atoms with Gasteiger partial charge in [-0.25, -0.2) is 4.98 Å². The minimum Gasteiger partial charge on any atom is -0.497 e. The van der Waals surface area contributed by atoms with E-state index in [0.717, 1.165) is 27.2 Å². The third-order valence-electron chi connectivity index (χ3n) is 4.70. The molecule has 148 valence electrons. The number of hydrogen-bond acceptors (Lipinski definition) is 4. The summed E-state index contributed by atoms with van der Waals surface area (Å²) in [7, 11) is 1.69. The molecule has 0 amide bonds. The van der Waals surface area contributed by atoms with E-state index < -0.39 is 0 Å². The molecule has 0 saturated heterocycles. The highest BCUT2D eigenvalue weighted by atomic mass is 32.2. The van der Waals surface area contributed by atoms with Gasteiger partial charge in [-0.3, -0.25) is 4.40 Å². The maximum absolute atomic E-state index is 5.24. The van der Waals surface area contributed by atoms with Gasteiger partial charge < -0.3 is 4.74 Å². The number of ether oxygens (including phenoxy) is 1. The fourth-order valence-corrected chi connectivity index (χ4v) is 5.10. The number of thioether (sulfide) groups is 1. The van der Waals surface area contributed by atoms with E-state index in [4.69, 9.17) is 9.72 Å². The minimum atomic E-state index is 0.875. The van der Waals surface area contributed by atoms with E-state index in [2.05, 4.69) is 72.1 Å². The maximum Gasteiger partial charge on any atom is 0.173 e. The zero-order valence-corrected chi connectivity index (χ0v) is 18.3. The largest absolute Gasteiger partial charge is 0.497 e. The van der Waals surface area contributed by atoms with Crippen molar-refractivity contribution in [3.63, 3.8) is 0 Å². The number of imidazole rings is 1. The number of aromatic nitrogens is 2. The van der Waals surface area contributed by atoms with Gasteiger partial charge in [0, 0.05) is 16.8 Å². The van der Waals surface area contributed by atoms with Gasteiger partial charge in [-0.2, -0.15) is 0 Å². The highest BCUT2D eigenvalue weighted by Crippen LogP contribution is 2.34. The van der Waals surface area contributed by atoms with Crippen LogP contribution in [0, 0.1) is 0 Å². The van der Waals surface area contributed by atoms with Gasteiger partial charge in [0.05, 0.1) is 12.6 Å². The summed E-state index contributed by atoms with van der Waals surface area (Å²) in [6.45, 7) is 2.22. The third kappa shape index (κ3) is 4.62. The third-order valence-corrected chi connectivity index (χ3v) is 6.74. The highest BCUT2D eigenvalue weighted by Gasteiger charge is 2.12. The lowest BCUT2D eigenvalue weighted by Gasteiger charge is -2.05. The smallest absolute Gasteiger partial charge is 0.173 e. The first kappa shape index (κ1) is 19.9. The van der Waals surface area contributed by atoms with Crippen molar-refractivity contribution in [3.05, 3.63) is 72.9 Å². The van der Waals surface area contributed by atoms with Gasteiger partial charge in [-0.05, 0) is 53.9 Å². The molecule has 0 bridgehead atoms. The monoisotopic (exact) mass is 420 g/mol. The molecule has 3 nitrogen and oxygen atoms in total. The van der Waals surface area contributed by atoms with Crippen LogP contribution in [0.5, 0.6) is 5.75 Å². The van der Waals surface area contributed by atoms with Crippen LogP contribution in [0.15, 0.2) is 88.0 Å². The maximum atomic E-state index is 5.24. The SMILES string of the molecule is CCCCSc1nc(Sc2ccc(-c3ccc(OC)cc3)cc2)c2ccccn12. The van der Waals surface area contributed by atoms with Crippen LogP contribution in [0.25, 0.3) is 16.6 Å². The molecule has 0 spiro atoms. The van der Waals surface area contributed by atoms with Crippen LogP contribution in [0.4, 0.5) is 0 Å². The van der Waals surface area contributed by atoms with Crippen LogP contribution in [-0.2, 0) is 0 Å². The van der Waals surface area contributed by atoms with Gasteiger partial charge in [0.15, 0.2) is 5.16 Å². The lowest BCUT2D eigenvalue weighted by molar-refractivity contribution is 0.415. The van der Waals surface area contributed by atoms with E-state index in [1.165, 1.54) is 28.9 Å². The Morgan fingerprint density at radius 1 is 0.931 bits per heavy atom. The van der Waals surface area contributed by atoms with E-state index in [-0.39, 0.29) is 0 Å². The Balaban J connectivity index is 1.55. The van der Waals surface area contributed by atoms with Crippen molar-refractivity contribution in [3.8, 4) is 16.9 Å².